The Balaban J connectivity index is 2.96. The second-order valence-corrected chi connectivity index (χ2v) is 2.62. The largest absolute Gasteiger partial charge is 0.394 e. The Labute approximate surface area is 72.6 Å². The monoisotopic (exact) mass is 191 g/mol. The van der Waals surface area contributed by atoms with E-state index in [0.29, 0.717) is 0 Å². The third-order valence-corrected chi connectivity index (χ3v) is 1.85. The predicted octanol–water partition coefficient (Wildman–Crippen LogP) is -1.94. The normalized spacial score (nSPS) is 44.5. The van der Waals surface area contributed by atoms with Crippen LogP contribution >= 0.6 is 0 Å². The fourth-order valence-electron chi connectivity index (χ4n) is 1.12. The molecule has 4 atom stereocenters. The lowest BCUT2D eigenvalue weighted by atomic mass is 10.0. The average Bonchev–Trinajstić information content (AvgIpc) is 2.31. The number of ether oxygens (including phenoxy) is 1. The van der Waals surface area contributed by atoms with Crippen molar-refractivity contribution in [1.82, 2.24) is 0 Å². The minimum absolute atomic E-state index is 0.677. The Bertz CT molecular complexity index is 242. The van der Waals surface area contributed by atoms with Crippen LogP contribution in [0.5, 0.6) is 0 Å². The molecular formula is C5H9N3O5. The molecule has 0 aromatic heterocycles. The van der Waals surface area contributed by atoms with Crippen molar-refractivity contribution in [2.45, 2.75) is 24.2 Å². The van der Waals surface area contributed by atoms with Gasteiger partial charge in [-0.1, -0.05) is 5.11 Å². The highest BCUT2D eigenvalue weighted by Gasteiger charge is 2.54. The summed E-state index contributed by atoms with van der Waals surface area (Å²) >= 11 is 0. The van der Waals surface area contributed by atoms with E-state index in [1.165, 1.54) is 0 Å². The summed E-state index contributed by atoms with van der Waals surface area (Å²) in [6.45, 7) is -0.677. The van der Waals surface area contributed by atoms with E-state index in [4.69, 9.17) is 20.9 Å². The Hall–Kier alpha value is -0.890. The maximum Gasteiger partial charge on any atom is 0.203 e. The van der Waals surface area contributed by atoms with Gasteiger partial charge in [0.15, 0.2) is 6.29 Å². The van der Waals surface area contributed by atoms with Crippen molar-refractivity contribution in [2.24, 2.45) is 5.11 Å². The van der Waals surface area contributed by atoms with Crippen LogP contribution in [-0.2, 0) is 4.74 Å². The van der Waals surface area contributed by atoms with Crippen LogP contribution in [0.3, 0.4) is 0 Å². The van der Waals surface area contributed by atoms with E-state index in [2.05, 4.69) is 14.8 Å². The van der Waals surface area contributed by atoms with Crippen molar-refractivity contribution in [1.29, 1.82) is 0 Å². The molecular weight excluding hydrogens is 182 g/mol. The lowest BCUT2D eigenvalue weighted by Gasteiger charge is -2.23. The topological polar surface area (TPSA) is 139 Å². The molecule has 0 aromatic rings. The van der Waals surface area contributed by atoms with Crippen LogP contribution in [0.2, 0.25) is 0 Å². The van der Waals surface area contributed by atoms with E-state index in [9.17, 15) is 5.11 Å². The molecule has 8 heteroatoms. The first kappa shape index (κ1) is 10.2. The summed E-state index contributed by atoms with van der Waals surface area (Å²) in [5.74, 6) is 0. The predicted molar refractivity (Wildman–Crippen MR) is 38.1 cm³/mol. The van der Waals surface area contributed by atoms with E-state index < -0.39 is 30.8 Å². The van der Waals surface area contributed by atoms with Gasteiger partial charge in [0.1, 0.15) is 12.2 Å². The molecule has 1 saturated heterocycles. The molecule has 1 unspecified atom stereocenters. The molecule has 0 bridgehead atoms. The summed E-state index contributed by atoms with van der Waals surface area (Å²) in [7, 11) is 0. The summed E-state index contributed by atoms with van der Waals surface area (Å²) in [5.41, 5.74) is 5.76. The summed E-state index contributed by atoms with van der Waals surface area (Å²) in [6.07, 6.45) is -4.76. The molecule has 0 saturated carbocycles. The molecule has 74 valence electrons. The van der Waals surface area contributed by atoms with Crippen LogP contribution in [0, 0.1) is 0 Å². The molecule has 0 aliphatic carbocycles. The summed E-state index contributed by atoms with van der Waals surface area (Å²) in [6, 6.07) is 0. The van der Waals surface area contributed by atoms with Gasteiger partial charge in [0, 0.05) is 4.91 Å². The number of azide groups is 1. The van der Waals surface area contributed by atoms with Gasteiger partial charge in [-0.15, -0.1) is 0 Å². The minimum atomic E-state index is -2.32. The number of hydrogen-bond acceptors (Lipinski definition) is 6. The minimum Gasteiger partial charge on any atom is -0.394 e. The molecule has 1 aliphatic heterocycles. The Morgan fingerprint density at radius 2 is 2.15 bits per heavy atom. The fourth-order valence-corrected chi connectivity index (χ4v) is 1.12. The number of hydrogen-bond donors (Lipinski definition) is 4. The zero-order valence-electron chi connectivity index (χ0n) is 6.48. The third-order valence-electron chi connectivity index (χ3n) is 1.85. The SMILES string of the molecule is [N-]=[N+]=N[C@@]1(O)[C@@H](CO)OC(O)[C@@H]1O. The van der Waals surface area contributed by atoms with Gasteiger partial charge >= 0.3 is 0 Å². The van der Waals surface area contributed by atoms with Crippen molar-refractivity contribution >= 4 is 0 Å². The first-order valence-electron chi connectivity index (χ1n) is 3.47. The molecule has 1 fully saturated rings. The zero-order valence-corrected chi connectivity index (χ0v) is 6.48. The van der Waals surface area contributed by atoms with Crippen molar-refractivity contribution in [3.63, 3.8) is 0 Å². The lowest BCUT2D eigenvalue weighted by molar-refractivity contribution is -0.132. The number of rotatable bonds is 2. The molecule has 4 N–H and O–H groups in total. The first-order valence-corrected chi connectivity index (χ1v) is 3.47. The molecule has 0 amide bonds. The zero-order chi connectivity index (χ0) is 10.1. The summed E-state index contributed by atoms with van der Waals surface area (Å²) in [5, 5.41) is 39.1. The molecule has 8 nitrogen and oxygen atoms in total. The van der Waals surface area contributed by atoms with Gasteiger partial charge in [0.25, 0.3) is 0 Å². The van der Waals surface area contributed by atoms with Gasteiger partial charge in [-0.3, -0.25) is 0 Å². The van der Waals surface area contributed by atoms with Gasteiger partial charge in [0.2, 0.25) is 5.72 Å². The second kappa shape index (κ2) is 3.46. The van der Waals surface area contributed by atoms with Gasteiger partial charge in [-0.25, -0.2) is 0 Å². The summed E-state index contributed by atoms with van der Waals surface area (Å²) in [4.78, 5) is 2.29. The van der Waals surface area contributed by atoms with Crippen LogP contribution < -0.4 is 0 Å². The van der Waals surface area contributed by atoms with E-state index in [1.807, 2.05) is 0 Å². The fraction of sp³-hybridized carbons (Fsp3) is 1.00. The van der Waals surface area contributed by atoms with Crippen LogP contribution in [0.1, 0.15) is 0 Å². The van der Waals surface area contributed by atoms with Crippen molar-refractivity contribution in [2.75, 3.05) is 6.61 Å². The number of aliphatic hydroxyl groups excluding tert-OH is 3. The highest BCUT2D eigenvalue weighted by molar-refractivity contribution is 4.98. The molecule has 1 aliphatic rings. The first-order chi connectivity index (χ1) is 6.06. The molecule has 0 spiro atoms. The van der Waals surface area contributed by atoms with Crippen LogP contribution in [0.15, 0.2) is 5.11 Å². The number of aliphatic hydroxyl groups is 4. The smallest absolute Gasteiger partial charge is 0.203 e. The lowest BCUT2D eigenvalue weighted by Crippen LogP contribution is -2.47. The maximum absolute atomic E-state index is 9.47. The van der Waals surface area contributed by atoms with Crippen LogP contribution in [-0.4, -0.2) is 51.3 Å². The van der Waals surface area contributed by atoms with E-state index in [0.717, 1.165) is 0 Å². The molecule has 1 rings (SSSR count). The Kier molecular flexibility index (Phi) is 2.71. The van der Waals surface area contributed by atoms with E-state index in [-0.39, 0.29) is 0 Å². The standard InChI is InChI=1S/C5H9N3O5/c6-8-7-5(12)2(1-9)13-4(11)3(5)10/h2-4,9-12H,1H2/t2-,3+,4?,5-/m1/s1. The van der Waals surface area contributed by atoms with Crippen molar-refractivity contribution < 1.29 is 25.2 Å². The highest BCUT2D eigenvalue weighted by atomic mass is 16.7. The Morgan fingerprint density at radius 1 is 1.54 bits per heavy atom. The van der Waals surface area contributed by atoms with Gasteiger partial charge < -0.3 is 25.2 Å². The Morgan fingerprint density at radius 3 is 2.62 bits per heavy atom. The maximum atomic E-state index is 9.47. The molecule has 0 aromatic carbocycles. The summed E-state index contributed by atoms with van der Waals surface area (Å²) < 4.78 is 4.53. The van der Waals surface area contributed by atoms with E-state index in [1.54, 1.807) is 0 Å². The second-order valence-electron chi connectivity index (χ2n) is 2.62. The third kappa shape index (κ3) is 1.46. The average molecular weight is 191 g/mol. The van der Waals surface area contributed by atoms with Crippen molar-refractivity contribution in [3.8, 4) is 0 Å². The van der Waals surface area contributed by atoms with Crippen molar-refractivity contribution in [3.05, 3.63) is 10.4 Å². The molecule has 1 heterocycles. The number of nitrogens with zero attached hydrogens (tertiary/aromatic N) is 3. The van der Waals surface area contributed by atoms with Crippen LogP contribution in [0.4, 0.5) is 0 Å². The molecule has 13 heavy (non-hydrogen) atoms. The van der Waals surface area contributed by atoms with Crippen LogP contribution in [0.25, 0.3) is 10.4 Å². The van der Waals surface area contributed by atoms with Gasteiger partial charge in [-0.05, 0) is 5.53 Å². The van der Waals surface area contributed by atoms with Gasteiger partial charge in [0.05, 0.1) is 6.61 Å². The molecule has 0 radical (unpaired) electrons. The van der Waals surface area contributed by atoms with E-state index >= 15 is 0 Å². The van der Waals surface area contributed by atoms with Gasteiger partial charge in [-0.2, -0.15) is 0 Å². The highest BCUT2D eigenvalue weighted by Crippen LogP contribution is 2.31. The quantitative estimate of drug-likeness (QED) is 0.228.